The lowest BCUT2D eigenvalue weighted by Gasteiger charge is -2.21. The number of ether oxygens (including phenoxy) is 4. The number of hydrogen-bond acceptors (Lipinski definition) is 15. The number of hydrogen-bond donors (Lipinski definition) is 3. The fourth-order valence-corrected chi connectivity index (χ4v) is 11.7. The van der Waals surface area contributed by atoms with Gasteiger partial charge >= 0.3 is 39.5 Å². The number of aliphatic hydroxyl groups excluding tert-OH is 1. The van der Waals surface area contributed by atoms with E-state index in [0.29, 0.717) is 38.5 Å². The van der Waals surface area contributed by atoms with Crippen LogP contribution in [0.4, 0.5) is 0 Å². The molecular formula is C85H140O17P2. The summed E-state index contributed by atoms with van der Waals surface area (Å²) in [5.74, 6) is -2.33. The zero-order valence-electron chi connectivity index (χ0n) is 64.6. The molecule has 0 aromatic carbocycles. The third-order valence-electron chi connectivity index (χ3n) is 16.0. The number of rotatable bonds is 73. The first-order chi connectivity index (χ1) is 50.7. The van der Waals surface area contributed by atoms with Crippen molar-refractivity contribution in [3.63, 3.8) is 0 Å². The molecule has 5 unspecified atom stereocenters. The predicted molar refractivity (Wildman–Crippen MR) is 427 cm³/mol. The summed E-state index contributed by atoms with van der Waals surface area (Å²) in [6, 6.07) is 0. The minimum absolute atomic E-state index is 0.0328. The summed E-state index contributed by atoms with van der Waals surface area (Å²) in [6.07, 6.45) is 88.2. The smallest absolute Gasteiger partial charge is 0.462 e. The maximum atomic E-state index is 13.1. The van der Waals surface area contributed by atoms with E-state index in [-0.39, 0.29) is 25.7 Å². The second kappa shape index (κ2) is 75.9. The lowest BCUT2D eigenvalue weighted by Crippen LogP contribution is -2.30. The summed E-state index contributed by atoms with van der Waals surface area (Å²) in [7, 11) is -10.00. The van der Waals surface area contributed by atoms with Gasteiger partial charge in [-0.05, 0) is 135 Å². The molecule has 3 N–H and O–H groups in total. The maximum absolute atomic E-state index is 13.1. The van der Waals surface area contributed by atoms with Gasteiger partial charge < -0.3 is 33.8 Å². The van der Waals surface area contributed by atoms with Gasteiger partial charge in [0.05, 0.1) is 26.4 Å². The van der Waals surface area contributed by atoms with Gasteiger partial charge in [0, 0.05) is 25.7 Å². The van der Waals surface area contributed by atoms with Crippen molar-refractivity contribution < 1.29 is 80.2 Å². The molecule has 0 bridgehead atoms. The second-order valence-corrected chi connectivity index (χ2v) is 28.8. The molecule has 0 aromatic heterocycles. The molecule has 0 radical (unpaired) electrons. The number of aliphatic hydroxyl groups is 1. The molecule has 0 fully saturated rings. The Kier molecular flexibility index (Phi) is 72.0. The molecule has 104 heavy (non-hydrogen) atoms. The molecule has 17 nitrogen and oxygen atoms in total. The van der Waals surface area contributed by atoms with E-state index in [1.54, 1.807) is 0 Å². The van der Waals surface area contributed by atoms with Crippen molar-refractivity contribution in [2.75, 3.05) is 39.6 Å². The third-order valence-corrected chi connectivity index (χ3v) is 17.9. The number of carbonyl (C=O) groups excluding carboxylic acids is 4. The van der Waals surface area contributed by atoms with Crippen LogP contribution in [0.15, 0.2) is 158 Å². The standard InChI is InChI=1S/C85H140O17P2/c1-5-9-13-17-21-25-29-33-36-38-39-41-44-47-50-54-58-62-66-70-83(88)95-75-80(101-84(89)71-67-63-59-55-51-45-32-28-24-20-16-12-8-4)77-99-103(91,92)97-73-79(86)74-98-104(93,94)100-78-81(102-85(90)72-68-64-60-56-52-48-42-35-31-27-23-19-15-11-7-3)76-96-82(87)69-65-61-57-53-49-46-43-40-37-34-30-26-22-18-14-10-6-2/h9-11,13-15,21-23,25-27,33-37,39,41-42,47,50,52,56,58,62,79-81,86H,5-8,12,16-20,24,28-32,38,40,43-46,48-49,51,53-55,57,59-61,63-78H2,1-4H3,(H,91,92)(H,93,94)/b13-9-,14-10-,15-11-,25-21-,26-22-,27-23-,36-33-,37-34-,41-39-,42-35-,50-47-,56-52-,62-58-. The maximum Gasteiger partial charge on any atom is 0.472 e. The van der Waals surface area contributed by atoms with E-state index >= 15 is 0 Å². The monoisotopic (exact) mass is 1490 g/mol. The molecular weight excluding hydrogens is 1350 g/mol. The van der Waals surface area contributed by atoms with Crippen molar-refractivity contribution in [2.45, 2.75) is 316 Å². The quantitative estimate of drug-likeness (QED) is 0.0169. The van der Waals surface area contributed by atoms with E-state index in [1.807, 2.05) is 18.2 Å². The van der Waals surface area contributed by atoms with Crippen LogP contribution in [0.3, 0.4) is 0 Å². The van der Waals surface area contributed by atoms with E-state index < -0.39 is 97.5 Å². The van der Waals surface area contributed by atoms with E-state index in [9.17, 15) is 43.2 Å². The summed E-state index contributed by atoms with van der Waals surface area (Å²) in [6.45, 7) is 4.39. The number of esters is 4. The Morgan fingerprint density at radius 3 is 0.846 bits per heavy atom. The third kappa shape index (κ3) is 74.9. The van der Waals surface area contributed by atoms with Crippen molar-refractivity contribution in [1.29, 1.82) is 0 Å². The molecule has 0 amide bonds. The van der Waals surface area contributed by atoms with Crippen molar-refractivity contribution in [3.8, 4) is 0 Å². The van der Waals surface area contributed by atoms with Crippen LogP contribution in [0.2, 0.25) is 0 Å². The zero-order chi connectivity index (χ0) is 76.0. The number of unbranched alkanes of at least 4 members (excludes halogenated alkanes) is 21. The van der Waals surface area contributed by atoms with Crippen LogP contribution in [0.5, 0.6) is 0 Å². The lowest BCUT2D eigenvalue weighted by atomic mass is 10.0. The van der Waals surface area contributed by atoms with Gasteiger partial charge in [0.15, 0.2) is 12.2 Å². The van der Waals surface area contributed by atoms with Gasteiger partial charge in [-0.2, -0.15) is 0 Å². The van der Waals surface area contributed by atoms with E-state index in [2.05, 4.69) is 167 Å². The zero-order valence-corrected chi connectivity index (χ0v) is 66.4. The number of carbonyl (C=O) groups is 4. The molecule has 0 aliphatic rings. The molecule has 19 heteroatoms. The Balaban J connectivity index is 5.45. The summed E-state index contributed by atoms with van der Waals surface area (Å²) in [4.78, 5) is 73.0. The van der Waals surface area contributed by atoms with Gasteiger partial charge in [-0.1, -0.05) is 295 Å². The first-order valence-electron chi connectivity index (χ1n) is 39.7. The first-order valence-corrected chi connectivity index (χ1v) is 42.7. The van der Waals surface area contributed by atoms with Crippen molar-refractivity contribution in [3.05, 3.63) is 158 Å². The number of phosphoric acid groups is 2. The van der Waals surface area contributed by atoms with E-state index in [1.165, 1.54) is 51.4 Å². The van der Waals surface area contributed by atoms with Crippen LogP contribution in [0, 0.1) is 0 Å². The summed E-state index contributed by atoms with van der Waals surface area (Å²) < 4.78 is 68.5. The Labute approximate surface area is 629 Å². The fourth-order valence-electron chi connectivity index (χ4n) is 10.1. The van der Waals surface area contributed by atoms with Gasteiger partial charge in [0.2, 0.25) is 0 Å². The summed E-state index contributed by atoms with van der Waals surface area (Å²) >= 11 is 0. The highest BCUT2D eigenvalue weighted by molar-refractivity contribution is 7.47. The van der Waals surface area contributed by atoms with Crippen LogP contribution in [-0.2, 0) is 65.4 Å². The second-order valence-electron chi connectivity index (χ2n) is 25.9. The van der Waals surface area contributed by atoms with Gasteiger partial charge in [-0.25, -0.2) is 9.13 Å². The van der Waals surface area contributed by atoms with Crippen LogP contribution in [0.1, 0.15) is 297 Å². The van der Waals surface area contributed by atoms with Gasteiger partial charge in [0.25, 0.3) is 0 Å². The molecule has 0 aliphatic heterocycles. The Hall–Kier alpha value is -5.32. The van der Waals surface area contributed by atoms with Crippen molar-refractivity contribution in [1.82, 2.24) is 0 Å². The van der Waals surface area contributed by atoms with Gasteiger partial charge in [-0.15, -0.1) is 0 Å². The highest BCUT2D eigenvalue weighted by Gasteiger charge is 2.30. The van der Waals surface area contributed by atoms with Crippen LogP contribution >= 0.6 is 15.6 Å². The number of phosphoric ester groups is 2. The van der Waals surface area contributed by atoms with Crippen LogP contribution in [-0.4, -0.2) is 96.7 Å². The molecule has 0 heterocycles. The van der Waals surface area contributed by atoms with E-state index in [0.717, 1.165) is 154 Å². The Morgan fingerprint density at radius 1 is 0.279 bits per heavy atom. The SMILES string of the molecule is CC/C=C\C/C=C\C/C=C\C/C=C\C/C=C\C/C=C\CCC(=O)OCC(COP(=O)(O)OCC(O)COP(=O)(O)OCC(COC(=O)CCCCCCCCC/C=C\C/C=C\C/C=C\CC)OC(=O)CCCC/C=C\C/C=C\C/C=C\C/C=C\CC)OC(=O)CCCCCCCCCCCCCCC. The Morgan fingerprint density at radius 2 is 0.519 bits per heavy atom. The molecule has 0 saturated carbocycles. The molecule has 0 spiro atoms. The highest BCUT2D eigenvalue weighted by Crippen LogP contribution is 2.45. The average Bonchev–Trinajstić information content (AvgIpc) is 0.939. The lowest BCUT2D eigenvalue weighted by molar-refractivity contribution is -0.161. The molecule has 0 saturated heterocycles. The minimum Gasteiger partial charge on any atom is -0.462 e. The summed E-state index contributed by atoms with van der Waals surface area (Å²) in [5.41, 5.74) is 0. The number of allylic oxidation sites excluding steroid dienone is 26. The normalized spacial score (nSPS) is 14.7. The molecule has 5 atom stereocenters. The predicted octanol–water partition coefficient (Wildman–Crippen LogP) is 23.2. The molecule has 0 aliphatic carbocycles. The summed E-state index contributed by atoms with van der Waals surface area (Å²) in [5, 5.41) is 10.6. The van der Waals surface area contributed by atoms with Gasteiger partial charge in [-0.3, -0.25) is 37.3 Å². The fraction of sp³-hybridized carbons (Fsp3) is 0.647. The highest BCUT2D eigenvalue weighted by atomic mass is 31.2. The molecule has 0 aromatic rings. The molecule has 592 valence electrons. The van der Waals surface area contributed by atoms with E-state index in [4.69, 9.17) is 37.0 Å². The van der Waals surface area contributed by atoms with Crippen LogP contribution in [0.25, 0.3) is 0 Å². The molecule has 0 rings (SSSR count). The Bertz CT molecular complexity index is 2590. The minimum atomic E-state index is -5.00. The first kappa shape index (κ1) is 98.7. The van der Waals surface area contributed by atoms with Gasteiger partial charge in [0.1, 0.15) is 19.3 Å². The topological polar surface area (TPSA) is 237 Å². The van der Waals surface area contributed by atoms with Crippen LogP contribution < -0.4 is 0 Å². The van der Waals surface area contributed by atoms with Crippen molar-refractivity contribution >= 4 is 39.5 Å². The largest absolute Gasteiger partial charge is 0.472 e. The van der Waals surface area contributed by atoms with Crippen molar-refractivity contribution in [2.24, 2.45) is 0 Å². The average molecular weight is 1500 g/mol.